The van der Waals surface area contributed by atoms with E-state index in [0.717, 1.165) is 26.2 Å². The van der Waals surface area contributed by atoms with E-state index in [1.807, 2.05) is 0 Å². The lowest BCUT2D eigenvalue weighted by molar-refractivity contribution is 0.352. The minimum atomic E-state index is -2.03. The van der Waals surface area contributed by atoms with Crippen LogP contribution in [0.25, 0.3) is 6.08 Å². The van der Waals surface area contributed by atoms with E-state index in [4.69, 9.17) is 0 Å². The van der Waals surface area contributed by atoms with E-state index in [0.29, 0.717) is 0 Å². The van der Waals surface area contributed by atoms with E-state index in [1.54, 1.807) is 0 Å². The van der Waals surface area contributed by atoms with Crippen LogP contribution in [0.4, 0.5) is 5.69 Å². The molecule has 0 spiro atoms. The van der Waals surface area contributed by atoms with Crippen molar-refractivity contribution >= 4 is 28.6 Å². The van der Waals surface area contributed by atoms with E-state index in [1.165, 1.54) is 17.3 Å². The molecule has 0 fully saturated rings. The maximum atomic E-state index is 2.95. The Morgan fingerprint density at radius 2 is 1.44 bits per heavy atom. The first-order valence-electron chi connectivity index (χ1n) is 9.92. The molecule has 0 aromatic heterocycles. The number of hydrogen-bond acceptors (Lipinski definition) is 3. The fourth-order valence-corrected chi connectivity index (χ4v) is 15.6. The topological polar surface area (TPSA) is 9.72 Å². The number of allylic oxidation sites excluding steroid dienone is 1. The van der Waals surface area contributed by atoms with Gasteiger partial charge in [-0.05, 0) is 37.8 Å². The second-order valence-corrected chi connectivity index (χ2v) is 16.7. The third-order valence-electron chi connectivity index (χ3n) is 5.44. The zero-order chi connectivity index (χ0) is 18.7. The molecule has 3 nitrogen and oxygen atoms in total. The Balaban J connectivity index is 2.80. The first kappa shape index (κ1) is 20.4. The molecule has 2 rings (SSSR count). The van der Waals surface area contributed by atoms with Gasteiger partial charge in [0.25, 0.3) is 0 Å². The number of rotatable bonds is 7. The van der Waals surface area contributed by atoms with E-state index >= 15 is 0 Å². The number of nitrogens with zero attached hydrogens (tertiary/aromatic N) is 3. The van der Waals surface area contributed by atoms with Crippen molar-refractivity contribution in [3.05, 3.63) is 35.9 Å². The Kier molecular flexibility index (Phi) is 6.70. The Labute approximate surface area is 157 Å². The van der Waals surface area contributed by atoms with Gasteiger partial charge < -0.3 is 4.23 Å². The average Bonchev–Trinajstić information content (AvgIpc) is 2.74. The molecule has 1 aromatic rings. The molecule has 0 N–H and O–H groups in total. The summed E-state index contributed by atoms with van der Waals surface area (Å²) in [5.74, 6) is 0. The molecular formula is C20H37N3Si2. The standard InChI is InChI=1S/C20H37N3Si2/c1-8-21(9-2)25(22(10-3)11-4)18-14-16-19-15-12-13-17-20(19)23(25)24(5,6)7/h12-17H,8-11,18H2,1-7H3. The van der Waals surface area contributed by atoms with Gasteiger partial charge >= 0.3 is 8.56 Å². The van der Waals surface area contributed by atoms with Crippen LogP contribution in [0, 0.1) is 0 Å². The van der Waals surface area contributed by atoms with Crippen molar-refractivity contribution in [2.24, 2.45) is 0 Å². The van der Waals surface area contributed by atoms with Crippen molar-refractivity contribution in [3.8, 4) is 0 Å². The molecule has 5 heteroatoms. The van der Waals surface area contributed by atoms with Crippen LogP contribution in [0.1, 0.15) is 33.3 Å². The highest BCUT2D eigenvalue weighted by molar-refractivity contribution is 6.98. The fraction of sp³-hybridized carbons (Fsp3) is 0.600. The van der Waals surface area contributed by atoms with Gasteiger partial charge in [0.2, 0.25) is 0 Å². The van der Waals surface area contributed by atoms with Crippen LogP contribution in [0.5, 0.6) is 0 Å². The highest BCUT2D eigenvalue weighted by atomic mass is 28.4. The van der Waals surface area contributed by atoms with Gasteiger partial charge in [0.05, 0.1) is 0 Å². The predicted molar refractivity (Wildman–Crippen MR) is 118 cm³/mol. The Hall–Kier alpha value is -0.886. The van der Waals surface area contributed by atoms with E-state index < -0.39 is 16.8 Å². The van der Waals surface area contributed by atoms with Crippen LogP contribution < -0.4 is 4.23 Å². The zero-order valence-corrected chi connectivity index (χ0v) is 19.3. The summed E-state index contributed by atoms with van der Waals surface area (Å²) < 4.78 is 8.57. The average molecular weight is 376 g/mol. The minimum absolute atomic E-state index is 1.12. The zero-order valence-electron chi connectivity index (χ0n) is 17.3. The molecule has 1 heterocycles. The third kappa shape index (κ3) is 3.65. The molecule has 1 aliphatic rings. The maximum Gasteiger partial charge on any atom is 0.315 e. The molecular weight excluding hydrogens is 338 g/mol. The van der Waals surface area contributed by atoms with Crippen LogP contribution in [0.15, 0.2) is 30.3 Å². The van der Waals surface area contributed by atoms with Crippen molar-refractivity contribution < 1.29 is 0 Å². The quantitative estimate of drug-likeness (QED) is 0.622. The van der Waals surface area contributed by atoms with Crippen LogP contribution >= 0.6 is 0 Å². The SMILES string of the molecule is CCN(CC)[Si]1(N(CC)CC)CC=Cc2ccccc2N1[Si](C)(C)C. The van der Waals surface area contributed by atoms with E-state index in [2.05, 4.69) is 97.1 Å². The molecule has 140 valence electrons. The molecule has 0 aliphatic carbocycles. The monoisotopic (exact) mass is 375 g/mol. The Morgan fingerprint density at radius 1 is 0.920 bits per heavy atom. The molecule has 0 saturated heterocycles. The maximum absolute atomic E-state index is 2.95. The Morgan fingerprint density at radius 3 is 1.92 bits per heavy atom. The summed E-state index contributed by atoms with van der Waals surface area (Å²) >= 11 is 0. The Bertz CT molecular complexity index is 575. The molecule has 25 heavy (non-hydrogen) atoms. The van der Waals surface area contributed by atoms with Crippen LogP contribution in [0.3, 0.4) is 0 Å². The second-order valence-electron chi connectivity index (χ2n) is 7.79. The van der Waals surface area contributed by atoms with Crippen molar-refractivity contribution in [2.75, 3.05) is 30.4 Å². The summed E-state index contributed by atoms with van der Waals surface area (Å²) in [6, 6.07) is 10.2. The lowest BCUT2D eigenvalue weighted by Gasteiger charge is -2.58. The number of anilines is 1. The minimum Gasteiger partial charge on any atom is -0.400 e. The highest BCUT2D eigenvalue weighted by Crippen LogP contribution is 2.39. The third-order valence-corrected chi connectivity index (χ3v) is 15.1. The summed E-state index contributed by atoms with van der Waals surface area (Å²) in [5.41, 5.74) is 2.85. The van der Waals surface area contributed by atoms with Gasteiger partial charge in [-0.15, -0.1) is 0 Å². The molecule has 1 aromatic carbocycles. The normalized spacial score (nSPS) is 17.1. The summed E-state index contributed by atoms with van der Waals surface area (Å²) in [6.07, 6.45) is 4.83. The van der Waals surface area contributed by atoms with Crippen molar-refractivity contribution in [1.29, 1.82) is 0 Å². The van der Waals surface area contributed by atoms with Gasteiger partial charge in [0.1, 0.15) is 8.24 Å². The second kappa shape index (κ2) is 8.21. The van der Waals surface area contributed by atoms with Gasteiger partial charge in [-0.25, -0.2) is 0 Å². The van der Waals surface area contributed by atoms with Gasteiger partial charge in [-0.2, -0.15) is 0 Å². The molecule has 1 aliphatic heterocycles. The summed E-state index contributed by atoms with van der Waals surface area (Å²) in [5, 5.41) is 0. The van der Waals surface area contributed by atoms with Gasteiger partial charge in [-0.3, -0.25) is 9.13 Å². The number of fused-ring (bicyclic) bond motifs is 1. The van der Waals surface area contributed by atoms with Crippen LogP contribution in [0.2, 0.25) is 25.7 Å². The number of hydrogen-bond donors (Lipinski definition) is 0. The smallest absolute Gasteiger partial charge is 0.315 e. The molecule has 0 radical (unpaired) electrons. The summed E-state index contributed by atoms with van der Waals surface area (Å²) in [4.78, 5) is 0. The number of benzene rings is 1. The predicted octanol–water partition coefficient (Wildman–Crippen LogP) is 4.98. The lowest BCUT2D eigenvalue weighted by Crippen LogP contribution is -2.79. The molecule has 0 saturated carbocycles. The lowest BCUT2D eigenvalue weighted by atomic mass is 10.2. The van der Waals surface area contributed by atoms with Gasteiger partial charge in [-0.1, -0.05) is 77.7 Å². The first-order chi connectivity index (χ1) is 11.9. The van der Waals surface area contributed by atoms with Crippen LogP contribution in [-0.2, 0) is 0 Å². The van der Waals surface area contributed by atoms with E-state index in [-0.39, 0.29) is 0 Å². The fourth-order valence-electron chi connectivity index (χ4n) is 4.56. The first-order valence-corrected chi connectivity index (χ1v) is 15.4. The van der Waals surface area contributed by atoms with Crippen molar-refractivity contribution in [3.63, 3.8) is 0 Å². The number of para-hydroxylation sites is 1. The largest absolute Gasteiger partial charge is 0.400 e. The van der Waals surface area contributed by atoms with Gasteiger partial charge in [0.15, 0.2) is 0 Å². The highest BCUT2D eigenvalue weighted by Gasteiger charge is 2.53. The van der Waals surface area contributed by atoms with Crippen LogP contribution in [-0.4, -0.2) is 52.1 Å². The molecule has 0 bridgehead atoms. The molecule has 0 amide bonds. The molecule has 0 unspecified atom stereocenters. The van der Waals surface area contributed by atoms with E-state index in [9.17, 15) is 0 Å². The summed E-state index contributed by atoms with van der Waals surface area (Å²) in [7, 11) is -3.63. The van der Waals surface area contributed by atoms with Gasteiger partial charge in [0, 0.05) is 11.7 Å². The summed E-state index contributed by atoms with van der Waals surface area (Å²) in [6.45, 7) is 21.4. The van der Waals surface area contributed by atoms with Crippen molar-refractivity contribution in [1.82, 2.24) is 9.13 Å². The molecule has 0 atom stereocenters. The van der Waals surface area contributed by atoms with Crippen molar-refractivity contribution in [2.45, 2.75) is 53.4 Å².